The van der Waals surface area contributed by atoms with E-state index in [-0.39, 0.29) is 0 Å². The van der Waals surface area contributed by atoms with Gasteiger partial charge in [0.15, 0.2) is 12.0 Å². The van der Waals surface area contributed by atoms with Crippen molar-refractivity contribution in [3.05, 3.63) is 108 Å². The Morgan fingerprint density at radius 1 is 0.830 bits per heavy atom. The minimum atomic E-state index is -1.44. The zero-order valence-electron chi connectivity index (χ0n) is 26.6. The van der Waals surface area contributed by atoms with E-state index in [9.17, 15) is 29.1 Å². The molecule has 2 saturated heterocycles. The molecule has 0 spiro atoms. The molecule has 11 nitrogen and oxygen atoms in total. The molecule has 0 bridgehead atoms. The van der Waals surface area contributed by atoms with Gasteiger partial charge in [-0.3, -0.25) is 19.2 Å². The van der Waals surface area contributed by atoms with Gasteiger partial charge in [0.2, 0.25) is 18.6 Å². The number of aliphatic hydroxyl groups excluding tert-OH is 1. The summed E-state index contributed by atoms with van der Waals surface area (Å²) in [6, 6.07) is 23.3. The summed E-state index contributed by atoms with van der Waals surface area (Å²) < 4.78 is 16.2. The Morgan fingerprint density at radius 2 is 1.34 bits per heavy atom. The minimum absolute atomic E-state index is 0.352. The van der Waals surface area contributed by atoms with E-state index in [4.69, 9.17) is 14.2 Å². The number of benzene rings is 3. The molecule has 47 heavy (non-hydrogen) atoms. The first kappa shape index (κ1) is 33.3. The van der Waals surface area contributed by atoms with Gasteiger partial charge in [-0.05, 0) is 37.5 Å². The second-order valence-electron chi connectivity index (χ2n) is 12.8. The fourth-order valence-electron chi connectivity index (χ4n) is 5.93. The van der Waals surface area contributed by atoms with Gasteiger partial charge in [0.1, 0.15) is 12.1 Å². The third kappa shape index (κ3) is 6.90. The summed E-state index contributed by atoms with van der Waals surface area (Å²) in [5.74, 6) is -5.85. The molecule has 246 valence electrons. The number of esters is 3. The summed E-state index contributed by atoms with van der Waals surface area (Å²) >= 11 is 0. The first-order valence-corrected chi connectivity index (χ1v) is 15.4. The van der Waals surface area contributed by atoms with Crippen LogP contribution in [-0.2, 0) is 38.2 Å². The highest BCUT2D eigenvalue weighted by atomic mass is 16.7. The average molecular weight is 643 g/mol. The SMILES string of the molecule is CC1C(O)[C@@H]2C(NC(=O)C(C(=O)OC(c3ccccc3)c3ccccc3)c3ccccc3)C(=O)N2C1C(=O)OCOC(=O)C(C)(C)C. The van der Waals surface area contributed by atoms with Gasteiger partial charge in [-0.2, -0.15) is 0 Å². The molecule has 2 heterocycles. The summed E-state index contributed by atoms with van der Waals surface area (Å²) in [6.45, 7) is 5.89. The second-order valence-corrected chi connectivity index (χ2v) is 12.8. The Balaban J connectivity index is 1.32. The van der Waals surface area contributed by atoms with Crippen molar-refractivity contribution in [2.24, 2.45) is 11.3 Å². The molecule has 3 aromatic rings. The first-order chi connectivity index (χ1) is 22.4. The summed E-state index contributed by atoms with van der Waals surface area (Å²) in [4.78, 5) is 67.3. The van der Waals surface area contributed by atoms with Crippen molar-refractivity contribution >= 4 is 29.7 Å². The maximum atomic E-state index is 13.9. The number of carbonyl (C=O) groups is 5. The number of hydrogen-bond donors (Lipinski definition) is 2. The number of ether oxygens (including phenoxy) is 3. The van der Waals surface area contributed by atoms with Gasteiger partial charge < -0.3 is 29.5 Å². The standard InChI is InChI=1S/C36H38N2O9/c1-21-27(34(43)45-20-46-35(44)36(2,3)4)38-28(29(21)39)26(32(38)41)37-31(40)25(22-14-8-5-9-15-22)33(42)47-30(23-16-10-6-11-17-23)24-18-12-7-13-19-24/h5-19,21,25-30,39H,20H2,1-4H3,(H,37,40)/t21?,25?,26?,27?,28-,29?/m0/s1. The molecule has 0 radical (unpaired) electrons. The monoisotopic (exact) mass is 642 g/mol. The van der Waals surface area contributed by atoms with E-state index in [1.54, 1.807) is 58.0 Å². The largest absolute Gasteiger partial charge is 0.452 e. The predicted molar refractivity (Wildman–Crippen MR) is 168 cm³/mol. The molecule has 0 aromatic heterocycles. The smallest absolute Gasteiger partial charge is 0.332 e. The topological polar surface area (TPSA) is 149 Å². The number of hydrogen-bond acceptors (Lipinski definition) is 9. The average Bonchev–Trinajstić information content (AvgIpc) is 3.30. The van der Waals surface area contributed by atoms with Gasteiger partial charge in [-0.1, -0.05) is 97.9 Å². The normalized spacial score (nSPS) is 22.5. The highest BCUT2D eigenvalue weighted by molar-refractivity contribution is 6.06. The molecule has 3 aromatic carbocycles. The lowest BCUT2D eigenvalue weighted by Crippen LogP contribution is -2.73. The van der Waals surface area contributed by atoms with Crippen molar-refractivity contribution in [2.75, 3.05) is 6.79 Å². The Morgan fingerprint density at radius 3 is 1.85 bits per heavy atom. The zero-order chi connectivity index (χ0) is 33.9. The predicted octanol–water partition coefficient (Wildman–Crippen LogP) is 3.27. The van der Waals surface area contributed by atoms with E-state index in [0.29, 0.717) is 16.7 Å². The van der Waals surface area contributed by atoms with Crippen LogP contribution in [0, 0.1) is 11.3 Å². The third-order valence-corrected chi connectivity index (χ3v) is 8.48. The fraction of sp³-hybridized carbons (Fsp3) is 0.361. The van der Waals surface area contributed by atoms with E-state index < -0.39 is 84.1 Å². The van der Waals surface area contributed by atoms with Crippen LogP contribution in [0.15, 0.2) is 91.0 Å². The summed E-state index contributed by atoms with van der Waals surface area (Å²) in [5.41, 5.74) is 0.961. The van der Waals surface area contributed by atoms with Crippen LogP contribution in [0.5, 0.6) is 0 Å². The molecule has 2 aliphatic rings. The lowest BCUT2D eigenvalue weighted by molar-refractivity contribution is -0.180. The molecule has 2 fully saturated rings. The van der Waals surface area contributed by atoms with Gasteiger partial charge in [0, 0.05) is 5.92 Å². The van der Waals surface area contributed by atoms with Crippen LogP contribution in [0.25, 0.3) is 0 Å². The second kappa shape index (κ2) is 13.8. The van der Waals surface area contributed by atoms with Crippen LogP contribution in [0.2, 0.25) is 0 Å². The van der Waals surface area contributed by atoms with Crippen LogP contribution in [0.3, 0.4) is 0 Å². The Bertz CT molecular complexity index is 1570. The molecule has 2 aliphatic heterocycles. The van der Waals surface area contributed by atoms with E-state index in [1.165, 1.54) is 4.90 Å². The molecular formula is C36H38N2O9. The first-order valence-electron chi connectivity index (χ1n) is 15.4. The number of carbonyl (C=O) groups excluding carboxylic acids is 5. The van der Waals surface area contributed by atoms with E-state index in [1.807, 2.05) is 60.7 Å². The highest BCUT2D eigenvalue weighted by Gasteiger charge is 2.64. The Hall–Kier alpha value is -5.03. The minimum Gasteiger partial charge on any atom is -0.452 e. The molecule has 2 amide bonds. The summed E-state index contributed by atoms with van der Waals surface area (Å²) in [6.07, 6.45) is -1.99. The van der Waals surface area contributed by atoms with E-state index in [0.717, 1.165) is 0 Å². The van der Waals surface area contributed by atoms with Crippen molar-refractivity contribution in [2.45, 2.75) is 63.9 Å². The van der Waals surface area contributed by atoms with E-state index >= 15 is 0 Å². The van der Waals surface area contributed by atoms with Crippen molar-refractivity contribution in [3.8, 4) is 0 Å². The molecule has 5 unspecified atom stereocenters. The number of rotatable bonds is 10. The molecule has 11 heteroatoms. The fourth-order valence-corrected chi connectivity index (χ4v) is 5.93. The number of fused-ring (bicyclic) bond motifs is 1. The molecule has 0 saturated carbocycles. The van der Waals surface area contributed by atoms with Gasteiger partial charge in [0.05, 0.1) is 17.6 Å². The number of β-lactam (4-membered cyclic amide) rings is 1. The van der Waals surface area contributed by atoms with E-state index in [2.05, 4.69) is 5.32 Å². The lowest BCUT2D eigenvalue weighted by atomic mass is 9.90. The summed E-state index contributed by atoms with van der Waals surface area (Å²) in [5, 5.41) is 13.7. The molecule has 5 rings (SSSR count). The zero-order valence-corrected chi connectivity index (χ0v) is 26.6. The molecule has 6 atom stereocenters. The number of nitrogens with one attached hydrogen (secondary N) is 1. The van der Waals surface area contributed by atoms with Crippen LogP contribution in [0.1, 0.15) is 56.4 Å². The maximum Gasteiger partial charge on any atom is 0.332 e. The highest BCUT2D eigenvalue weighted by Crippen LogP contribution is 2.40. The van der Waals surface area contributed by atoms with Crippen molar-refractivity contribution in [1.29, 1.82) is 0 Å². The Labute approximate surface area is 272 Å². The number of aliphatic hydroxyl groups is 1. The van der Waals surface area contributed by atoms with Gasteiger partial charge in [-0.25, -0.2) is 4.79 Å². The number of amides is 2. The van der Waals surface area contributed by atoms with Crippen molar-refractivity contribution in [3.63, 3.8) is 0 Å². The van der Waals surface area contributed by atoms with Gasteiger partial charge >= 0.3 is 17.9 Å². The number of nitrogens with zero attached hydrogens (tertiary/aromatic N) is 1. The van der Waals surface area contributed by atoms with Crippen LogP contribution < -0.4 is 5.32 Å². The third-order valence-electron chi connectivity index (χ3n) is 8.48. The van der Waals surface area contributed by atoms with Crippen LogP contribution in [-0.4, -0.2) is 70.8 Å². The van der Waals surface area contributed by atoms with Crippen molar-refractivity contribution in [1.82, 2.24) is 10.2 Å². The summed E-state index contributed by atoms with van der Waals surface area (Å²) in [7, 11) is 0. The maximum absolute atomic E-state index is 13.9. The lowest BCUT2D eigenvalue weighted by Gasteiger charge is -2.45. The van der Waals surface area contributed by atoms with Crippen LogP contribution in [0.4, 0.5) is 0 Å². The molecule has 2 N–H and O–H groups in total. The van der Waals surface area contributed by atoms with Gasteiger partial charge in [0.25, 0.3) is 0 Å². The van der Waals surface area contributed by atoms with Crippen molar-refractivity contribution < 1.29 is 43.3 Å². The van der Waals surface area contributed by atoms with Crippen LogP contribution >= 0.6 is 0 Å². The van der Waals surface area contributed by atoms with Gasteiger partial charge in [-0.15, -0.1) is 0 Å². The quantitative estimate of drug-likeness (QED) is 0.147. The molecule has 0 aliphatic carbocycles. The Kier molecular flexibility index (Phi) is 9.76. The molecular weight excluding hydrogens is 604 g/mol.